The van der Waals surface area contributed by atoms with Crippen molar-refractivity contribution in [3.05, 3.63) is 0 Å². The Morgan fingerprint density at radius 1 is 0.714 bits per heavy atom. The summed E-state index contributed by atoms with van der Waals surface area (Å²) in [5.41, 5.74) is 0. The molecule has 0 aliphatic rings. The molecule has 0 saturated heterocycles. The van der Waals surface area contributed by atoms with Crippen molar-refractivity contribution in [1.29, 1.82) is 0 Å². The van der Waals surface area contributed by atoms with Crippen molar-refractivity contribution in [2.75, 3.05) is 39.5 Å². The molecule has 0 aliphatic heterocycles. The maximum absolute atomic E-state index is 8.55. The predicted molar refractivity (Wildman–Crippen MR) is 52.7 cm³/mol. The van der Waals surface area contributed by atoms with E-state index in [1.165, 1.54) is 0 Å². The van der Waals surface area contributed by atoms with Crippen molar-refractivity contribution < 1.29 is 20.8 Å². The second-order valence-electron chi connectivity index (χ2n) is 2.47. The minimum atomic E-state index is -0.188. The Kier molecular flexibility index (Phi) is 14.7. The number of rotatable bonds is 9. The van der Waals surface area contributed by atoms with Crippen LogP contribution in [0.1, 0.15) is 0 Å². The molecule has 0 aromatic carbocycles. The van der Waals surface area contributed by atoms with Crippen LogP contribution in [0.15, 0.2) is 0 Å². The van der Waals surface area contributed by atoms with E-state index < -0.39 is 0 Å². The summed E-state index contributed by atoms with van der Waals surface area (Å²) in [5.74, 6) is 0. The molecule has 0 amide bonds. The van der Waals surface area contributed by atoms with E-state index in [0.717, 1.165) is 0 Å². The first kappa shape index (κ1) is 16.2. The van der Waals surface area contributed by atoms with Crippen molar-refractivity contribution in [2.24, 2.45) is 0 Å². The minimum Gasteiger partial charge on any atom is -0.412 e. The van der Waals surface area contributed by atoms with Gasteiger partial charge >= 0.3 is 0 Å². The van der Waals surface area contributed by atoms with Crippen molar-refractivity contribution in [2.45, 2.75) is 6.29 Å². The Bertz CT molecular complexity index is 87.9. The molecule has 14 heavy (non-hydrogen) atoms. The summed E-state index contributed by atoms with van der Waals surface area (Å²) in [6.07, 6.45) is -0.188. The molecule has 0 atom stereocenters. The van der Waals surface area contributed by atoms with Crippen LogP contribution in [-0.2, 0) is 0 Å². The molecule has 0 aromatic heterocycles. The van der Waals surface area contributed by atoms with Crippen molar-refractivity contribution in [3.8, 4) is 0 Å². The van der Waals surface area contributed by atoms with Crippen molar-refractivity contribution >= 4 is 0 Å². The lowest BCUT2D eigenvalue weighted by molar-refractivity contribution is 0.229. The molecule has 0 fully saturated rings. The fraction of sp³-hybridized carbons (Fsp3) is 1.00. The molecular weight excluding hydrogens is 190 g/mol. The third kappa shape index (κ3) is 9.81. The van der Waals surface area contributed by atoms with Crippen LogP contribution in [0.2, 0.25) is 0 Å². The third-order valence-corrected chi connectivity index (χ3v) is 1.38. The Morgan fingerprint density at radius 2 is 1.00 bits per heavy atom. The molecule has 0 spiro atoms. The standard InChI is InChI=1S/C7H19N3O3.H2O/c11-4-1-8-7(9-2-5-12)10-3-6-13;/h7-13H,1-6H2;1H2. The van der Waals surface area contributed by atoms with Gasteiger partial charge in [0.15, 0.2) is 0 Å². The molecule has 0 radical (unpaired) electrons. The quantitative estimate of drug-likeness (QED) is 0.217. The van der Waals surface area contributed by atoms with Crippen molar-refractivity contribution in [3.63, 3.8) is 0 Å². The van der Waals surface area contributed by atoms with E-state index >= 15 is 0 Å². The van der Waals surface area contributed by atoms with Gasteiger partial charge in [0.25, 0.3) is 0 Å². The summed E-state index contributed by atoms with van der Waals surface area (Å²) >= 11 is 0. The summed E-state index contributed by atoms with van der Waals surface area (Å²) in [5, 5.41) is 34.5. The second kappa shape index (κ2) is 12.7. The highest BCUT2D eigenvalue weighted by atomic mass is 16.3. The highest BCUT2D eigenvalue weighted by Gasteiger charge is 2.03. The Morgan fingerprint density at radius 3 is 1.21 bits per heavy atom. The van der Waals surface area contributed by atoms with Crippen LogP contribution in [0.25, 0.3) is 0 Å². The van der Waals surface area contributed by atoms with Gasteiger partial charge in [-0.15, -0.1) is 0 Å². The van der Waals surface area contributed by atoms with Gasteiger partial charge < -0.3 is 20.8 Å². The third-order valence-electron chi connectivity index (χ3n) is 1.38. The van der Waals surface area contributed by atoms with E-state index in [9.17, 15) is 0 Å². The number of aliphatic hydroxyl groups excluding tert-OH is 3. The molecule has 0 bridgehead atoms. The van der Waals surface area contributed by atoms with E-state index in [1.807, 2.05) is 0 Å². The summed E-state index contributed by atoms with van der Waals surface area (Å²) in [6, 6.07) is 0. The van der Waals surface area contributed by atoms with Crippen LogP contribution >= 0.6 is 0 Å². The first-order valence-electron chi connectivity index (χ1n) is 4.38. The lowest BCUT2D eigenvalue weighted by Crippen LogP contribution is -2.54. The molecule has 0 aliphatic carbocycles. The zero-order chi connectivity index (χ0) is 9.94. The lowest BCUT2D eigenvalue weighted by Gasteiger charge is -2.20. The minimum absolute atomic E-state index is 0. The second-order valence-corrected chi connectivity index (χ2v) is 2.47. The zero-order valence-electron chi connectivity index (χ0n) is 8.16. The van der Waals surface area contributed by atoms with Crippen LogP contribution in [0.3, 0.4) is 0 Å². The Balaban J connectivity index is 0. The van der Waals surface area contributed by atoms with Gasteiger partial charge in [0.1, 0.15) is 6.29 Å². The Labute approximate surface area is 83.4 Å². The van der Waals surface area contributed by atoms with Crippen LogP contribution in [0.5, 0.6) is 0 Å². The number of hydrogen-bond donors (Lipinski definition) is 6. The molecule has 0 unspecified atom stereocenters. The fourth-order valence-electron chi connectivity index (χ4n) is 0.843. The van der Waals surface area contributed by atoms with Gasteiger partial charge in [-0.3, -0.25) is 16.0 Å². The molecule has 0 heterocycles. The first-order valence-corrected chi connectivity index (χ1v) is 4.38. The van der Waals surface area contributed by atoms with E-state index in [0.29, 0.717) is 19.6 Å². The molecule has 7 heteroatoms. The van der Waals surface area contributed by atoms with Crippen LogP contribution in [0.4, 0.5) is 0 Å². The smallest absolute Gasteiger partial charge is 0.112 e. The van der Waals surface area contributed by atoms with Gasteiger partial charge in [-0.1, -0.05) is 0 Å². The van der Waals surface area contributed by atoms with E-state index in [1.54, 1.807) is 0 Å². The van der Waals surface area contributed by atoms with E-state index in [4.69, 9.17) is 15.3 Å². The van der Waals surface area contributed by atoms with E-state index in [2.05, 4.69) is 16.0 Å². The maximum Gasteiger partial charge on any atom is 0.112 e. The number of nitrogens with one attached hydrogen (secondary N) is 3. The Hall–Kier alpha value is -0.280. The van der Waals surface area contributed by atoms with Gasteiger partial charge in [0.05, 0.1) is 19.8 Å². The molecule has 0 saturated carbocycles. The average Bonchev–Trinajstić information content (AvgIpc) is 2.17. The first-order chi connectivity index (χ1) is 6.35. The number of aliphatic hydroxyl groups is 3. The van der Waals surface area contributed by atoms with Gasteiger partial charge in [-0.25, -0.2) is 0 Å². The van der Waals surface area contributed by atoms with Gasteiger partial charge in [-0.2, -0.15) is 0 Å². The summed E-state index contributed by atoms with van der Waals surface area (Å²) in [7, 11) is 0. The largest absolute Gasteiger partial charge is 0.412 e. The molecule has 0 rings (SSSR count). The maximum atomic E-state index is 8.55. The molecule has 88 valence electrons. The summed E-state index contributed by atoms with van der Waals surface area (Å²) < 4.78 is 0. The van der Waals surface area contributed by atoms with Gasteiger partial charge in [-0.05, 0) is 0 Å². The van der Waals surface area contributed by atoms with Crippen LogP contribution in [0, 0.1) is 0 Å². The highest BCUT2D eigenvalue weighted by molar-refractivity contribution is 4.61. The van der Waals surface area contributed by atoms with E-state index in [-0.39, 0.29) is 31.6 Å². The lowest BCUT2D eigenvalue weighted by atomic mass is 10.5. The molecular formula is C7H21N3O4. The topological polar surface area (TPSA) is 128 Å². The SMILES string of the molecule is O.OCCNC(NCCO)NCCO. The molecule has 8 N–H and O–H groups in total. The van der Waals surface area contributed by atoms with Gasteiger partial charge in [0.2, 0.25) is 0 Å². The molecule has 7 nitrogen and oxygen atoms in total. The normalized spacial score (nSPS) is 10.3. The monoisotopic (exact) mass is 211 g/mol. The predicted octanol–water partition coefficient (Wildman–Crippen LogP) is -3.81. The number of hydrogen-bond acceptors (Lipinski definition) is 6. The summed E-state index contributed by atoms with van der Waals surface area (Å²) in [4.78, 5) is 0. The fourth-order valence-corrected chi connectivity index (χ4v) is 0.843. The molecule has 0 aromatic rings. The zero-order valence-corrected chi connectivity index (χ0v) is 8.16. The summed E-state index contributed by atoms with van der Waals surface area (Å²) in [6.45, 7) is 1.54. The average molecular weight is 211 g/mol. The highest BCUT2D eigenvalue weighted by Crippen LogP contribution is 1.71. The van der Waals surface area contributed by atoms with Crippen LogP contribution < -0.4 is 16.0 Å². The van der Waals surface area contributed by atoms with Crippen LogP contribution in [-0.4, -0.2) is 66.5 Å². The van der Waals surface area contributed by atoms with Gasteiger partial charge in [0, 0.05) is 19.6 Å². The van der Waals surface area contributed by atoms with Crippen molar-refractivity contribution in [1.82, 2.24) is 16.0 Å².